The number of nitrogens with zero attached hydrogens (tertiary/aromatic N) is 2. The van der Waals surface area contributed by atoms with Gasteiger partial charge in [0, 0.05) is 30.6 Å². The van der Waals surface area contributed by atoms with Gasteiger partial charge in [-0.05, 0) is 70.4 Å². The minimum Gasteiger partial charge on any atom is -0.494 e. The molecule has 0 saturated carbocycles. The standard InChI is InChI=1S/C29H37N3O4/c1-5-35-24-13-11-22(12-14-24)15-17-32-27(33)26-19-23-9-6-7-10-25(23)31(26)20-29(32,4)28(34)30-16-8-18-36-21(2)3/h6-7,9-14,19,21H,5,8,15-18,20H2,1-4H3,(H,30,34)/t29-/m1/s1. The highest BCUT2D eigenvalue weighted by Crippen LogP contribution is 2.32. The summed E-state index contributed by atoms with van der Waals surface area (Å²) in [5.74, 6) is 0.560. The molecular formula is C29H37N3O4. The number of rotatable bonds is 11. The lowest BCUT2D eigenvalue weighted by Gasteiger charge is -2.44. The highest BCUT2D eigenvalue weighted by molar-refractivity contribution is 6.03. The fourth-order valence-corrected chi connectivity index (χ4v) is 4.80. The van der Waals surface area contributed by atoms with Crippen molar-refractivity contribution in [2.24, 2.45) is 0 Å². The summed E-state index contributed by atoms with van der Waals surface area (Å²) >= 11 is 0. The number of carbonyl (C=O) groups is 2. The highest BCUT2D eigenvalue weighted by atomic mass is 16.5. The van der Waals surface area contributed by atoms with Crippen LogP contribution in [0.25, 0.3) is 10.9 Å². The zero-order chi connectivity index (χ0) is 25.7. The summed E-state index contributed by atoms with van der Waals surface area (Å²) in [4.78, 5) is 29.1. The topological polar surface area (TPSA) is 72.8 Å². The molecular weight excluding hydrogens is 454 g/mol. The molecule has 2 amide bonds. The number of nitrogens with one attached hydrogen (secondary N) is 1. The molecule has 0 spiro atoms. The van der Waals surface area contributed by atoms with Gasteiger partial charge < -0.3 is 24.3 Å². The molecule has 36 heavy (non-hydrogen) atoms. The molecule has 0 saturated heterocycles. The number of aromatic nitrogens is 1. The average Bonchev–Trinajstić information content (AvgIpc) is 3.23. The maximum Gasteiger partial charge on any atom is 0.271 e. The van der Waals surface area contributed by atoms with Gasteiger partial charge in [0.05, 0.1) is 19.3 Å². The third-order valence-corrected chi connectivity index (χ3v) is 6.74. The van der Waals surface area contributed by atoms with Crippen LogP contribution in [0.2, 0.25) is 0 Å². The third-order valence-electron chi connectivity index (χ3n) is 6.74. The van der Waals surface area contributed by atoms with E-state index in [4.69, 9.17) is 9.47 Å². The Kier molecular flexibility index (Phi) is 7.99. The summed E-state index contributed by atoms with van der Waals surface area (Å²) in [5, 5.41) is 4.07. The summed E-state index contributed by atoms with van der Waals surface area (Å²) in [6, 6.07) is 17.8. The van der Waals surface area contributed by atoms with E-state index in [9.17, 15) is 9.59 Å². The zero-order valence-electron chi connectivity index (χ0n) is 21.8. The number of hydrogen-bond donors (Lipinski definition) is 1. The lowest BCUT2D eigenvalue weighted by atomic mass is 9.94. The smallest absolute Gasteiger partial charge is 0.271 e. The normalized spacial score (nSPS) is 17.5. The predicted molar refractivity (Wildman–Crippen MR) is 141 cm³/mol. The second-order valence-corrected chi connectivity index (χ2v) is 9.76. The number of fused-ring (bicyclic) bond motifs is 3. The van der Waals surface area contributed by atoms with Gasteiger partial charge in [0.25, 0.3) is 5.91 Å². The predicted octanol–water partition coefficient (Wildman–Crippen LogP) is 4.43. The SMILES string of the molecule is CCOc1ccc(CCN2C(=O)c3cc4ccccc4n3C[C@]2(C)C(=O)NCCCOC(C)C)cc1. The molecule has 7 heteroatoms. The minimum absolute atomic E-state index is 0.121. The monoisotopic (exact) mass is 491 g/mol. The zero-order valence-corrected chi connectivity index (χ0v) is 21.8. The van der Waals surface area contributed by atoms with Gasteiger partial charge >= 0.3 is 0 Å². The van der Waals surface area contributed by atoms with Gasteiger partial charge in [-0.25, -0.2) is 0 Å². The molecule has 2 aromatic carbocycles. The molecule has 7 nitrogen and oxygen atoms in total. The van der Waals surface area contributed by atoms with E-state index in [-0.39, 0.29) is 17.9 Å². The molecule has 0 unspecified atom stereocenters. The van der Waals surface area contributed by atoms with E-state index in [0.717, 1.165) is 28.6 Å². The molecule has 0 fully saturated rings. The van der Waals surface area contributed by atoms with Gasteiger partial charge in [-0.3, -0.25) is 9.59 Å². The molecule has 1 aliphatic heterocycles. The molecule has 2 heterocycles. The van der Waals surface area contributed by atoms with Gasteiger partial charge in [0.15, 0.2) is 0 Å². The molecule has 1 atom stereocenters. The Morgan fingerprint density at radius 3 is 2.61 bits per heavy atom. The van der Waals surface area contributed by atoms with Crippen molar-refractivity contribution in [3.05, 3.63) is 65.9 Å². The van der Waals surface area contributed by atoms with Crippen molar-refractivity contribution < 1.29 is 19.1 Å². The van der Waals surface area contributed by atoms with E-state index in [2.05, 4.69) is 5.32 Å². The number of hydrogen-bond acceptors (Lipinski definition) is 4. The molecule has 0 radical (unpaired) electrons. The van der Waals surface area contributed by atoms with Crippen molar-refractivity contribution in [3.8, 4) is 5.75 Å². The van der Waals surface area contributed by atoms with Gasteiger partial charge in [-0.1, -0.05) is 30.3 Å². The fraction of sp³-hybridized carbons (Fsp3) is 0.448. The first-order chi connectivity index (χ1) is 17.3. The summed E-state index contributed by atoms with van der Waals surface area (Å²) < 4.78 is 13.1. The minimum atomic E-state index is -1.02. The second-order valence-electron chi connectivity index (χ2n) is 9.76. The van der Waals surface area contributed by atoms with E-state index < -0.39 is 5.54 Å². The number of para-hydroxylation sites is 1. The number of carbonyl (C=O) groups excluding carboxylic acids is 2. The van der Waals surface area contributed by atoms with Crippen LogP contribution in [-0.4, -0.2) is 59.2 Å². The van der Waals surface area contributed by atoms with Crippen LogP contribution in [0.3, 0.4) is 0 Å². The van der Waals surface area contributed by atoms with Crippen molar-refractivity contribution in [2.75, 3.05) is 26.3 Å². The largest absolute Gasteiger partial charge is 0.494 e. The van der Waals surface area contributed by atoms with Crippen molar-refractivity contribution in [2.45, 2.75) is 58.7 Å². The highest BCUT2D eigenvalue weighted by Gasteiger charge is 2.47. The van der Waals surface area contributed by atoms with E-state index in [0.29, 0.717) is 45.0 Å². The fourth-order valence-electron chi connectivity index (χ4n) is 4.80. The second kappa shape index (κ2) is 11.2. The van der Waals surface area contributed by atoms with Gasteiger partial charge in [0.1, 0.15) is 17.0 Å². The summed E-state index contributed by atoms with van der Waals surface area (Å²) in [7, 11) is 0. The molecule has 192 valence electrons. The average molecular weight is 492 g/mol. The Morgan fingerprint density at radius 2 is 1.89 bits per heavy atom. The molecule has 1 aliphatic rings. The van der Waals surface area contributed by atoms with Crippen molar-refractivity contribution in [3.63, 3.8) is 0 Å². The van der Waals surface area contributed by atoms with Crippen LogP contribution in [-0.2, 0) is 22.5 Å². The Hall–Kier alpha value is -3.32. The first-order valence-electron chi connectivity index (χ1n) is 12.9. The lowest BCUT2D eigenvalue weighted by Crippen LogP contribution is -2.64. The summed E-state index contributed by atoms with van der Waals surface area (Å²) in [6.45, 7) is 10.4. The number of amides is 2. The van der Waals surface area contributed by atoms with Crippen LogP contribution in [0.4, 0.5) is 0 Å². The van der Waals surface area contributed by atoms with E-state index in [1.54, 1.807) is 4.90 Å². The molecule has 1 N–H and O–H groups in total. The Balaban J connectivity index is 1.56. The van der Waals surface area contributed by atoms with Crippen LogP contribution >= 0.6 is 0 Å². The van der Waals surface area contributed by atoms with Crippen LogP contribution in [0, 0.1) is 0 Å². The van der Waals surface area contributed by atoms with E-state index >= 15 is 0 Å². The van der Waals surface area contributed by atoms with E-state index in [1.807, 2.05) is 86.9 Å². The molecule has 4 rings (SSSR count). The molecule has 1 aromatic heterocycles. The van der Waals surface area contributed by atoms with E-state index in [1.165, 1.54) is 0 Å². The maximum atomic E-state index is 13.8. The van der Waals surface area contributed by atoms with Crippen LogP contribution < -0.4 is 10.1 Å². The first-order valence-corrected chi connectivity index (χ1v) is 12.9. The van der Waals surface area contributed by atoms with Crippen LogP contribution in [0.5, 0.6) is 5.75 Å². The van der Waals surface area contributed by atoms with Crippen molar-refractivity contribution in [1.29, 1.82) is 0 Å². The Labute approximate surface area is 213 Å². The van der Waals surface area contributed by atoms with Gasteiger partial charge in [-0.2, -0.15) is 0 Å². The van der Waals surface area contributed by atoms with Crippen molar-refractivity contribution in [1.82, 2.24) is 14.8 Å². The van der Waals surface area contributed by atoms with Crippen LogP contribution in [0.1, 0.15) is 50.2 Å². The first kappa shape index (κ1) is 25.8. The van der Waals surface area contributed by atoms with Gasteiger partial charge in [0.2, 0.25) is 5.91 Å². The molecule has 3 aromatic rings. The maximum absolute atomic E-state index is 13.8. The molecule has 0 bridgehead atoms. The van der Waals surface area contributed by atoms with Crippen LogP contribution in [0.15, 0.2) is 54.6 Å². The lowest BCUT2D eigenvalue weighted by molar-refractivity contribution is -0.132. The third kappa shape index (κ3) is 5.41. The Morgan fingerprint density at radius 1 is 1.14 bits per heavy atom. The number of ether oxygens (including phenoxy) is 2. The Bertz CT molecular complexity index is 1200. The molecule has 0 aliphatic carbocycles. The summed E-state index contributed by atoms with van der Waals surface area (Å²) in [5.41, 5.74) is 1.66. The van der Waals surface area contributed by atoms with Crippen molar-refractivity contribution >= 4 is 22.7 Å². The van der Waals surface area contributed by atoms with Gasteiger partial charge in [-0.15, -0.1) is 0 Å². The quantitative estimate of drug-likeness (QED) is 0.403. The number of benzene rings is 2. The summed E-state index contributed by atoms with van der Waals surface area (Å²) in [6.07, 6.45) is 1.52.